The molecule has 1 atom stereocenters. The van der Waals surface area contributed by atoms with Crippen LogP contribution in [0.15, 0.2) is 59.0 Å². The van der Waals surface area contributed by atoms with Crippen LogP contribution in [0.2, 0.25) is 5.02 Å². The van der Waals surface area contributed by atoms with Gasteiger partial charge in [0.1, 0.15) is 0 Å². The summed E-state index contributed by atoms with van der Waals surface area (Å²) < 4.78 is 0. The summed E-state index contributed by atoms with van der Waals surface area (Å²) in [5, 5.41) is 6.75. The molecule has 0 spiro atoms. The SMILES string of the molecule is CCCC1CCCN(C(=O)CC2CCN(C3=C(C)CCC=C(C(=O)NC4CC4)C=C3NC(=O)c3cccc(Cl)c3)CC2)CC1. The minimum absolute atomic E-state index is 0.0901. The number of hydrogen-bond acceptors (Lipinski definition) is 4. The second-order valence-corrected chi connectivity index (χ2v) is 13.6. The molecule has 8 heteroatoms. The Morgan fingerprint density at radius 1 is 0.955 bits per heavy atom. The van der Waals surface area contributed by atoms with E-state index in [4.69, 9.17) is 11.6 Å². The lowest BCUT2D eigenvalue weighted by atomic mass is 9.91. The average molecular weight is 621 g/mol. The molecule has 1 saturated carbocycles. The maximum atomic E-state index is 13.5. The first-order valence-electron chi connectivity index (χ1n) is 16.8. The van der Waals surface area contributed by atoms with E-state index in [0.29, 0.717) is 40.1 Å². The van der Waals surface area contributed by atoms with E-state index in [-0.39, 0.29) is 17.9 Å². The highest BCUT2D eigenvalue weighted by Crippen LogP contribution is 2.32. The summed E-state index contributed by atoms with van der Waals surface area (Å²) in [5.41, 5.74) is 3.87. The van der Waals surface area contributed by atoms with Crippen LogP contribution in [0, 0.1) is 11.8 Å². The summed E-state index contributed by atoms with van der Waals surface area (Å²) in [7, 11) is 0. The van der Waals surface area contributed by atoms with E-state index in [9.17, 15) is 14.4 Å². The molecule has 3 amide bonds. The number of likely N-dealkylation sites (tertiary alicyclic amines) is 2. The summed E-state index contributed by atoms with van der Waals surface area (Å²) in [5.74, 6) is 1.08. The van der Waals surface area contributed by atoms with Crippen molar-refractivity contribution < 1.29 is 14.4 Å². The van der Waals surface area contributed by atoms with Gasteiger partial charge in [-0.2, -0.15) is 0 Å². The van der Waals surface area contributed by atoms with Crippen LogP contribution in [-0.2, 0) is 9.59 Å². The number of carbonyl (C=O) groups excluding carboxylic acids is 3. The van der Waals surface area contributed by atoms with E-state index in [2.05, 4.69) is 34.3 Å². The van der Waals surface area contributed by atoms with Gasteiger partial charge in [-0.15, -0.1) is 0 Å². The molecular formula is C36H49ClN4O3. The molecule has 7 nitrogen and oxygen atoms in total. The minimum Gasteiger partial charge on any atom is -0.370 e. The van der Waals surface area contributed by atoms with Crippen molar-refractivity contribution in [1.29, 1.82) is 0 Å². The molecule has 1 aromatic carbocycles. The Kier molecular flexibility index (Phi) is 11.2. The molecule has 0 aromatic heterocycles. The Labute approximate surface area is 268 Å². The molecule has 5 rings (SSSR count). The number of carbonyl (C=O) groups is 3. The quantitative estimate of drug-likeness (QED) is 0.320. The Balaban J connectivity index is 1.28. The van der Waals surface area contributed by atoms with Crippen LogP contribution in [0.5, 0.6) is 0 Å². The summed E-state index contributed by atoms with van der Waals surface area (Å²) in [4.78, 5) is 44.4. The largest absolute Gasteiger partial charge is 0.370 e. The summed E-state index contributed by atoms with van der Waals surface area (Å²) in [6.07, 6.45) is 15.9. The zero-order valence-corrected chi connectivity index (χ0v) is 27.3. The van der Waals surface area contributed by atoms with Gasteiger partial charge in [0, 0.05) is 54.8 Å². The smallest absolute Gasteiger partial charge is 0.255 e. The van der Waals surface area contributed by atoms with Gasteiger partial charge < -0.3 is 20.4 Å². The van der Waals surface area contributed by atoms with Crippen LogP contribution in [0.25, 0.3) is 0 Å². The van der Waals surface area contributed by atoms with Crippen molar-refractivity contribution in [2.45, 2.75) is 96.9 Å². The number of nitrogens with one attached hydrogen (secondary N) is 2. The molecule has 3 fully saturated rings. The Morgan fingerprint density at radius 3 is 2.45 bits per heavy atom. The monoisotopic (exact) mass is 620 g/mol. The zero-order valence-electron chi connectivity index (χ0n) is 26.5. The number of nitrogens with zero attached hydrogens (tertiary/aromatic N) is 2. The number of allylic oxidation sites excluding steroid dienone is 2. The number of amides is 3. The maximum Gasteiger partial charge on any atom is 0.255 e. The van der Waals surface area contributed by atoms with E-state index in [1.165, 1.54) is 24.8 Å². The third-order valence-corrected chi connectivity index (χ3v) is 9.88. The lowest BCUT2D eigenvalue weighted by Crippen LogP contribution is -2.40. The summed E-state index contributed by atoms with van der Waals surface area (Å²) >= 11 is 6.20. The van der Waals surface area contributed by atoms with Gasteiger partial charge in [-0.25, -0.2) is 0 Å². The number of halogens is 1. The lowest BCUT2D eigenvalue weighted by molar-refractivity contribution is -0.132. The maximum absolute atomic E-state index is 13.5. The van der Waals surface area contributed by atoms with Gasteiger partial charge in [0.15, 0.2) is 0 Å². The van der Waals surface area contributed by atoms with Gasteiger partial charge in [-0.1, -0.05) is 43.5 Å². The van der Waals surface area contributed by atoms with Gasteiger partial charge in [-0.3, -0.25) is 14.4 Å². The highest BCUT2D eigenvalue weighted by molar-refractivity contribution is 6.31. The topological polar surface area (TPSA) is 81.8 Å². The van der Waals surface area contributed by atoms with Crippen LogP contribution < -0.4 is 10.6 Å². The fraction of sp³-hybridized carbons (Fsp3) is 0.583. The summed E-state index contributed by atoms with van der Waals surface area (Å²) in [6, 6.07) is 7.16. The fourth-order valence-corrected chi connectivity index (χ4v) is 7.13. The molecule has 1 unspecified atom stereocenters. The van der Waals surface area contributed by atoms with E-state index in [0.717, 1.165) is 89.2 Å². The van der Waals surface area contributed by atoms with Crippen molar-refractivity contribution in [3.8, 4) is 0 Å². The van der Waals surface area contributed by atoms with E-state index in [1.807, 2.05) is 12.2 Å². The first-order chi connectivity index (χ1) is 21.3. The predicted octanol–water partition coefficient (Wildman–Crippen LogP) is 6.76. The number of rotatable bonds is 9. The fourth-order valence-electron chi connectivity index (χ4n) is 6.94. The standard InChI is InChI=1S/C36H49ClN4O3/c1-3-7-26-9-6-18-40(19-15-26)33(42)22-27-16-20-41(21-17-27)34-25(2)8-4-10-29(35(43)38-31-13-14-31)24-32(34)39-36(44)28-11-5-12-30(37)23-28/h5,10-12,23-24,26-27,31H,3-4,6-9,13-22H2,1-2H3,(H,38,43)(H,39,44). The molecule has 2 aliphatic carbocycles. The molecule has 4 aliphatic rings. The summed E-state index contributed by atoms with van der Waals surface area (Å²) in [6.45, 7) is 7.79. The van der Waals surface area contributed by atoms with Gasteiger partial charge in [0.25, 0.3) is 11.8 Å². The molecule has 44 heavy (non-hydrogen) atoms. The van der Waals surface area contributed by atoms with Crippen LogP contribution >= 0.6 is 11.6 Å². The molecule has 2 heterocycles. The molecule has 0 radical (unpaired) electrons. The normalized spacial score (nSPS) is 21.9. The average Bonchev–Trinajstić information content (AvgIpc) is 3.84. The molecule has 2 saturated heterocycles. The molecule has 2 N–H and O–H groups in total. The molecule has 0 bridgehead atoms. The van der Waals surface area contributed by atoms with Crippen LogP contribution in [0.4, 0.5) is 0 Å². The molecule has 238 valence electrons. The van der Waals surface area contributed by atoms with Crippen molar-refractivity contribution in [2.24, 2.45) is 11.8 Å². The van der Waals surface area contributed by atoms with E-state index < -0.39 is 0 Å². The Morgan fingerprint density at radius 2 is 1.73 bits per heavy atom. The Hall–Kier alpha value is -3.06. The third-order valence-electron chi connectivity index (χ3n) is 9.64. The van der Waals surface area contributed by atoms with Gasteiger partial charge in [0.05, 0.1) is 11.4 Å². The third kappa shape index (κ3) is 8.77. The van der Waals surface area contributed by atoms with Crippen LogP contribution in [0.1, 0.15) is 101 Å². The number of benzene rings is 1. The second kappa shape index (κ2) is 15.3. The first kappa shape index (κ1) is 32.3. The molecule has 1 aromatic rings. The van der Waals surface area contributed by atoms with Crippen molar-refractivity contribution in [2.75, 3.05) is 26.2 Å². The van der Waals surface area contributed by atoms with E-state index in [1.54, 1.807) is 24.3 Å². The van der Waals surface area contributed by atoms with Gasteiger partial charge in [0.2, 0.25) is 5.91 Å². The van der Waals surface area contributed by atoms with Gasteiger partial charge in [-0.05, 0) is 106 Å². The van der Waals surface area contributed by atoms with Crippen LogP contribution in [-0.4, -0.2) is 59.7 Å². The Bertz CT molecular complexity index is 1310. The minimum atomic E-state index is -0.259. The van der Waals surface area contributed by atoms with Crippen molar-refractivity contribution in [3.63, 3.8) is 0 Å². The molecule has 2 aliphatic heterocycles. The highest BCUT2D eigenvalue weighted by atomic mass is 35.5. The highest BCUT2D eigenvalue weighted by Gasteiger charge is 2.30. The zero-order chi connectivity index (χ0) is 31.1. The lowest BCUT2D eigenvalue weighted by Gasteiger charge is -2.38. The number of hydrogen-bond donors (Lipinski definition) is 2. The molecular weight excluding hydrogens is 572 g/mol. The van der Waals surface area contributed by atoms with E-state index >= 15 is 0 Å². The van der Waals surface area contributed by atoms with Crippen molar-refractivity contribution >= 4 is 29.3 Å². The van der Waals surface area contributed by atoms with Crippen molar-refractivity contribution in [1.82, 2.24) is 20.4 Å². The predicted molar refractivity (Wildman–Crippen MR) is 176 cm³/mol. The van der Waals surface area contributed by atoms with Crippen molar-refractivity contribution in [3.05, 3.63) is 69.5 Å². The van der Waals surface area contributed by atoms with Gasteiger partial charge >= 0.3 is 0 Å². The second-order valence-electron chi connectivity index (χ2n) is 13.2. The number of piperidine rings is 1. The van der Waals surface area contributed by atoms with Crippen LogP contribution in [0.3, 0.4) is 0 Å². The first-order valence-corrected chi connectivity index (χ1v) is 17.2.